The Morgan fingerprint density at radius 3 is 2.70 bits per heavy atom. The third-order valence-electron chi connectivity index (χ3n) is 4.24. The summed E-state index contributed by atoms with van der Waals surface area (Å²) in [5, 5.41) is 0.423. The number of ether oxygens (including phenoxy) is 1. The third-order valence-corrected chi connectivity index (χ3v) is 4.55. The fourth-order valence-corrected chi connectivity index (χ4v) is 2.98. The fourth-order valence-electron chi connectivity index (χ4n) is 2.75. The largest absolute Gasteiger partial charge is 0.494 e. The molecule has 0 aliphatic heterocycles. The second kappa shape index (κ2) is 8.87. The average molecular weight is 383 g/mol. The molecule has 0 unspecified atom stereocenters. The summed E-state index contributed by atoms with van der Waals surface area (Å²) in [5.41, 5.74) is 2.81. The van der Waals surface area contributed by atoms with Crippen molar-refractivity contribution in [3.8, 4) is 5.75 Å². The lowest BCUT2D eigenvalue weighted by molar-refractivity contribution is 0.306. The van der Waals surface area contributed by atoms with E-state index in [9.17, 15) is 4.79 Å². The number of pyridine rings is 1. The Morgan fingerprint density at radius 2 is 1.96 bits per heavy atom. The van der Waals surface area contributed by atoms with Crippen LogP contribution in [-0.4, -0.2) is 16.0 Å². The Balaban J connectivity index is 1.78. The van der Waals surface area contributed by atoms with Crippen molar-refractivity contribution in [2.45, 2.75) is 33.1 Å². The van der Waals surface area contributed by atoms with Crippen LogP contribution in [-0.2, 0) is 0 Å². The van der Waals surface area contributed by atoms with Crippen molar-refractivity contribution in [1.29, 1.82) is 0 Å². The minimum Gasteiger partial charge on any atom is -0.494 e. The molecule has 0 amide bonds. The van der Waals surface area contributed by atoms with Crippen molar-refractivity contribution in [1.82, 2.24) is 9.38 Å². The highest BCUT2D eigenvalue weighted by atomic mass is 35.5. The third kappa shape index (κ3) is 4.98. The van der Waals surface area contributed by atoms with E-state index in [-0.39, 0.29) is 5.56 Å². The first-order valence-corrected chi connectivity index (χ1v) is 9.55. The molecule has 5 heteroatoms. The van der Waals surface area contributed by atoms with E-state index >= 15 is 0 Å². The van der Waals surface area contributed by atoms with Crippen LogP contribution in [0.15, 0.2) is 53.5 Å². The standard InChI is InChI=1S/C22H23ClN2O2/c1-3-4-5-12-27-18-9-7-17(8-10-18)13-19(23)20-14-22(26)25-15-16(2)6-11-21(25)24-20/h6-11,13-15H,3-5,12H2,1-2H3/b19-13-. The summed E-state index contributed by atoms with van der Waals surface area (Å²) in [6.07, 6.45) is 6.99. The molecule has 0 radical (unpaired) electrons. The highest BCUT2D eigenvalue weighted by molar-refractivity contribution is 6.51. The molecule has 0 N–H and O–H groups in total. The molecule has 27 heavy (non-hydrogen) atoms. The molecule has 3 rings (SSSR count). The molecule has 3 aromatic rings. The van der Waals surface area contributed by atoms with E-state index in [0.717, 1.165) is 29.9 Å². The Morgan fingerprint density at radius 1 is 1.19 bits per heavy atom. The maximum Gasteiger partial charge on any atom is 0.258 e. The van der Waals surface area contributed by atoms with E-state index in [2.05, 4.69) is 11.9 Å². The maximum atomic E-state index is 12.3. The van der Waals surface area contributed by atoms with Crippen LogP contribution in [0.3, 0.4) is 0 Å². The molecule has 0 spiro atoms. The molecule has 0 aliphatic rings. The molecule has 0 saturated carbocycles. The number of benzene rings is 1. The van der Waals surface area contributed by atoms with Crippen LogP contribution < -0.4 is 10.3 Å². The second-order valence-electron chi connectivity index (χ2n) is 6.53. The summed E-state index contributed by atoms with van der Waals surface area (Å²) >= 11 is 6.42. The predicted molar refractivity (Wildman–Crippen MR) is 111 cm³/mol. The van der Waals surface area contributed by atoms with E-state index in [4.69, 9.17) is 16.3 Å². The SMILES string of the molecule is CCCCCOc1ccc(/C=C(\Cl)c2cc(=O)n3cc(C)ccc3n2)cc1. The Kier molecular flexibility index (Phi) is 6.30. The van der Waals surface area contributed by atoms with Crippen LogP contribution in [0.5, 0.6) is 5.75 Å². The van der Waals surface area contributed by atoms with Gasteiger partial charge >= 0.3 is 0 Å². The molecule has 0 fully saturated rings. The molecule has 4 nitrogen and oxygen atoms in total. The van der Waals surface area contributed by atoms with Gasteiger partial charge in [-0.3, -0.25) is 9.20 Å². The molecular weight excluding hydrogens is 360 g/mol. The summed E-state index contributed by atoms with van der Waals surface area (Å²) in [5.74, 6) is 0.844. The molecule has 0 aliphatic carbocycles. The van der Waals surface area contributed by atoms with Crippen LogP contribution in [0.25, 0.3) is 16.8 Å². The van der Waals surface area contributed by atoms with E-state index in [0.29, 0.717) is 16.4 Å². The summed E-state index contributed by atoms with van der Waals surface area (Å²) in [4.78, 5) is 16.8. The van der Waals surface area contributed by atoms with Gasteiger partial charge in [-0.2, -0.15) is 0 Å². The van der Waals surface area contributed by atoms with E-state index < -0.39 is 0 Å². The van der Waals surface area contributed by atoms with Gasteiger partial charge in [-0.05, 0) is 48.7 Å². The zero-order valence-electron chi connectivity index (χ0n) is 15.6. The lowest BCUT2D eigenvalue weighted by Crippen LogP contribution is -2.15. The molecule has 2 heterocycles. The summed E-state index contributed by atoms with van der Waals surface area (Å²) in [6, 6.07) is 12.9. The number of aryl methyl sites for hydroxylation is 1. The van der Waals surface area contributed by atoms with Gasteiger partial charge in [-0.15, -0.1) is 0 Å². The quantitative estimate of drug-likeness (QED) is 0.520. The highest BCUT2D eigenvalue weighted by Crippen LogP contribution is 2.22. The van der Waals surface area contributed by atoms with Crippen LogP contribution in [0.4, 0.5) is 0 Å². The number of unbranched alkanes of at least 4 members (excludes halogenated alkanes) is 2. The molecule has 0 saturated heterocycles. The van der Waals surface area contributed by atoms with Gasteiger partial charge < -0.3 is 4.74 Å². The van der Waals surface area contributed by atoms with Gasteiger partial charge in [0.15, 0.2) is 0 Å². The normalized spacial score (nSPS) is 11.7. The maximum absolute atomic E-state index is 12.3. The average Bonchev–Trinajstić information content (AvgIpc) is 2.67. The first-order valence-electron chi connectivity index (χ1n) is 9.17. The van der Waals surface area contributed by atoms with Crippen LogP contribution in [0.2, 0.25) is 0 Å². The fraction of sp³-hybridized carbons (Fsp3) is 0.273. The Hall–Kier alpha value is -2.59. The number of fused-ring (bicyclic) bond motifs is 1. The molecule has 1 aromatic carbocycles. The van der Waals surface area contributed by atoms with Gasteiger partial charge in [0.2, 0.25) is 0 Å². The zero-order chi connectivity index (χ0) is 19.2. The van der Waals surface area contributed by atoms with Crippen molar-refractivity contribution in [2.24, 2.45) is 0 Å². The van der Waals surface area contributed by atoms with Crippen molar-refractivity contribution < 1.29 is 4.74 Å². The molecule has 0 atom stereocenters. The van der Waals surface area contributed by atoms with Crippen molar-refractivity contribution in [3.05, 3.63) is 75.8 Å². The number of halogens is 1. The van der Waals surface area contributed by atoms with Gasteiger partial charge in [0, 0.05) is 12.3 Å². The van der Waals surface area contributed by atoms with E-state index in [1.54, 1.807) is 12.3 Å². The number of hydrogen-bond donors (Lipinski definition) is 0. The lowest BCUT2D eigenvalue weighted by atomic mass is 10.2. The van der Waals surface area contributed by atoms with Crippen LogP contribution >= 0.6 is 11.6 Å². The van der Waals surface area contributed by atoms with Gasteiger partial charge in [-0.1, -0.05) is 49.6 Å². The molecule has 2 aromatic heterocycles. The van der Waals surface area contributed by atoms with Gasteiger partial charge in [0.05, 0.1) is 17.3 Å². The van der Waals surface area contributed by atoms with Crippen LogP contribution in [0, 0.1) is 6.92 Å². The Bertz CT molecular complexity index is 1010. The topological polar surface area (TPSA) is 43.6 Å². The summed E-state index contributed by atoms with van der Waals surface area (Å²) < 4.78 is 7.24. The van der Waals surface area contributed by atoms with Gasteiger partial charge in [0.1, 0.15) is 11.4 Å². The molecular formula is C22H23ClN2O2. The smallest absolute Gasteiger partial charge is 0.258 e. The first kappa shape index (κ1) is 19.2. The first-order chi connectivity index (χ1) is 13.1. The van der Waals surface area contributed by atoms with Crippen molar-refractivity contribution >= 4 is 28.4 Å². The number of aromatic nitrogens is 2. The second-order valence-corrected chi connectivity index (χ2v) is 6.94. The van der Waals surface area contributed by atoms with Crippen LogP contribution in [0.1, 0.15) is 43.0 Å². The van der Waals surface area contributed by atoms with E-state index in [1.165, 1.54) is 23.3 Å². The van der Waals surface area contributed by atoms with Crippen molar-refractivity contribution in [2.75, 3.05) is 6.61 Å². The van der Waals surface area contributed by atoms with Gasteiger partial charge in [-0.25, -0.2) is 4.98 Å². The number of hydrogen-bond acceptors (Lipinski definition) is 3. The lowest BCUT2D eigenvalue weighted by Gasteiger charge is -2.06. The Labute approximate surface area is 164 Å². The monoisotopic (exact) mass is 382 g/mol. The summed E-state index contributed by atoms with van der Waals surface area (Å²) in [7, 11) is 0. The predicted octanol–water partition coefficient (Wildman–Crippen LogP) is 5.31. The molecule has 0 bridgehead atoms. The number of rotatable bonds is 7. The minimum atomic E-state index is -0.152. The zero-order valence-corrected chi connectivity index (χ0v) is 16.4. The van der Waals surface area contributed by atoms with E-state index in [1.807, 2.05) is 43.3 Å². The minimum absolute atomic E-state index is 0.152. The number of nitrogens with zero attached hydrogens (tertiary/aromatic N) is 2. The van der Waals surface area contributed by atoms with Gasteiger partial charge in [0.25, 0.3) is 5.56 Å². The highest BCUT2D eigenvalue weighted by Gasteiger charge is 2.06. The summed E-state index contributed by atoms with van der Waals surface area (Å²) in [6.45, 7) is 4.84. The molecule has 140 valence electrons. The van der Waals surface area contributed by atoms with Crippen molar-refractivity contribution in [3.63, 3.8) is 0 Å².